The third-order valence-electron chi connectivity index (χ3n) is 18.2. The molecule has 6 rings (SSSR count). The number of imidazole rings is 1. The molecular formula is C70H115N7O8Y-2. The summed E-state index contributed by atoms with van der Waals surface area (Å²) in [5.41, 5.74) is 12.5. The molecular weight excluding hydrogens is 1160 g/mol. The molecule has 1 saturated heterocycles. The number of benzene rings is 2. The summed E-state index contributed by atoms with van der Waals surface area (Å²) in [5.74, 6) is 5.32. The molecule has 4 aromatic rings. The molecule has 0 spiro atoms. The van der Waals surface area contributed by atoms with Crippen molar-refractivity contribution < 1.29 is 71.5 Å². The van der Waals surface area contributed by atoms with E-state index in [1.54, 1.807) is 6.92 Å². The van der Waals surface area contributed by atoms with Gasteiger partial charge in [0.2, 0.25) is 11.8 Å². The van der Waals surface area contributed by atoms with E-state index in [1.165, 1.54) is 56.9 Å². The number of piperazine rings is 1. The Hall–Kier alpha value is -3.57. The number of fused-ring (bicyclic) bond motifs is 4. The Kier molecular flexibility index (Phi) is 30.6. The van der Waals surface area contributed by atoms with Crippen molar-refractivity contribution in [2.24, 2.45) is 23.2 Å². The van der Waals surface area contributed by atoms with Crippen LogP contribution in [0.15, 0.2) is 18.2 Å². The van der Waals surface area contributed by atoms with Crippen LogP contribution in [0.2, 0.25) is 0 Å². The number of aryl methyl sites for hydroxylation is 1. The van der Waals surface area contributed by atoms with E-state index < -0.39 is 16.6 Å². The average Bonchev–Trinajstić information content (AvgIpc) is 1.44. The Labute approximate surface area is 545 Å². The number of amides is 2. The first kappa shape index (κ1) is 74.9. The molecule has 2 aliphatic heterocycles. The van der Waals surface area contributed by atoms with Gasteiger partial charge >= 0.3 is 0 Å². The number of carbonyl (C=O) groups excluding carboxylic acids is 2. The largest absolute Gasteiger partial charge is 0.493 e. The molecule has 2 aromatic carbocycles. The van der Waals surface area contributed by atoms with Crippen LogP contribution in [0.4, 0.5) is 5.82 Å². The van der Waals surface area contributed by atoms with Gasteiger partial charge in [-0.2, -0.15) is 6.92 Å². The smallest absolute Gasteiger partial charge is 0.224 e. The number of aliphatic hydroxyl groups is 2. The van der Waals surface area contributed by atoms with Gasteiger partial charge in [0.1, 0.15) is 22.6 Å². The van der Waals surface area contributed by atoms with E-state index in [0.29, 0.717) is 88.8 Å². The number of hydrogen-bond acceptors (Lipinski definition) is 12. The van der Waals surface area contributed by atoms with E-state index in [4.69, 9.17) is 24.7 Å². The summed E-state index contributed by atoms with van der Waals surface area (Å²) >= 11 is 0. The number of nitrogens with zero attached hydrogens (tertiary/aromatic N) is 5. The molecule has 0 aliphatic carbocycles. The van der Waals surface area contributed by atoms with Crippen molar-refractivity contribution in [1.82, 2.24) is 29.7 Å². The summed E-state index contributed by atoms with van der Waals surface area (Å²) < 4.78 is 27.8. The zero-order chi connectivity index (χ0) is 62.7. The average molecular weight is 1270 g/mol. The fourth-order valence-corrected chi connectivity index (χ4v) is 12.1. The molecule has 1 radical (unpaired) electrons. The number of aromatic nitrogens is 3. The molecule has 0 bridgehead atoms. The molecule has 3 atom stereocenters. The van der Waals surface area contributed by atoms with Crippen molar-refractivity contribution in [3.05, 3.63) is 65.7 Å². The maximum Gasteiger partial charge on any atom is 0.224 e. The first-order valence-corrected chi connectivity index (χ1v) is 32.6. The maximum absolute atomic E-state index is 13.2. The zero-order valence-electron chi connectivity index (χ0n) is 56.1. The van der Waals surface area contributed by atoms with Gasteiger partial charge in [-0.25, -0.2) is 4.98 Å². The van der Waals surface area contributed by atoms with E-state index in [2.05, 4.69) is 108 Å². The summed E-state index contributed by atoms with van der Waals surface area (Å²) in [6.07, 6.45) is 17.5. The maximum atomic E-state index is 13.2. The van der Waals surface area contributed by atoms with Gasteiger partial charge in [-0.3, -0.25) is 19.5 Å². The second-order valence-corrected chi connectivity index (χ2v) is 27.5. The second-order valence-electron chi connectivity index (χ2n) is 27.5. The molecule has 86 heavy (non-hydrogen) atoms. The minimum Gasteiger partial charge on any atom is -0.493 e. The fourth-order valence-electron chi connectivity index (χ4n) is 12.1. The van der Waals surface area contributed by atoms with Gasteiger partial charge < -0.3 is 63.5 Å². The van der Waals surface area contributed by atoms with Crippen LogP contribution in [0.3, 0.4) is 0 Å². The normalized spacial score (nSPS) is 16.6. The van der Waals surface area contributed by atoms with E-state index in [9.17, 15) is 19.8 Å². The number of ether oxygens (including phenoxy) is 4. The SMILES string of the molecule is [CH2-]C.[CH2-]c1nc2c(N)nc3cc(CCCN4CCN(C(=O)CCOC(C)(C)CCOC(C)(C)CNC(=O)CCCOc5c(C)c(C)c6c(c5C)CCC(C)(CCCC(C)CCCC(C)CCCC(C)C)O6)CC4)ccc3c2n1CC(C)(CO)CO.[Y]. The third-order valence-corrected chi connectivity index (χ3v) is 18.2. The van der Waals surface area contributed by atoms with Crippen LogP contribution >= 0.6 is 0 Å². The Balaban J connectivity index is 0.00000522. The third kappa shape index (κ3) is 22.4. The Morgan fingerprint density at radius 3 is 2.10 bits per heavy atom. The number of aliphatic hydroxyl groups excluding tert-OH is 2. The van der Waals surface area contributed by atoms with Crippen LogP contribution in [-0.2, 0) is 71.2 Å². The zero-order valence-corrected chi connectivity index (χ0v) is 59.0. The van der Waals surface area contributed by atoms with E-state index in [1.807, 2.05) is 44.1 Å². The molecule has 15 nitrogen and oxygen atoms in total. The number of anilines is 1. The quantitative estimate of drug-likeness (QED) is 0.0253. The molecule has 2 aliphatic rings. The van der Waals surface area contributed by atoms with Crippen molar-refractivity contribution in [2.75, 3.05) is 78.0 Å². The van der Waals surface area contributed by atoms with Crippen molar-refractivity contribution in [3.63, 3.8) is 0 Å². The van der Waals surface area contributed by atoms with E-state index in [0.717, 1.165) is 120 Å². The van der Waals surface area contributed by atoms with Crippen LogP contribution in [-0.4, -0.2) is 135 Å². The van der Waals surface area contributed by atoms with Gasteiger partial charge in [0.05, 0.1) is 61.7 Å². The van der Waals surface area contributed by atoms with Crippen LogP contribution in [0.25, 0.3) is 21.9 Å². The van der Waals surface area contributed by atoms with Gasteiger partial charge in [0, 0.05) is 94.8 Å². The molecule has 4 heterocycles. The molecule has 2 amide bonds. The van der Waals surface area contributed by atoms with Crippen LogP contribution in [0.1, 0.15) is 206 Å². The van der Waals surface area contributed by atoms with Crippen molar-refractivity contribution in [3.8, 4) is 11.5 Å². The van der Waals surface area contributed by atoms with Crippen molar-refractivity contribution in [2.45, 2.75) is 229 Å². The van der Waals surface area contributed by atoms with E-state index >= 15 is 0 Å². The number of carbonyl (C=O) groups is 2. The van der Waals surface area contributed by atoms with Gasteiger partial charge in [-0.15, -0.1) is 0 Å². The number of nitrogens with one attached hydrogen (secondary N) is 1. The molecule has 3 unspecified atom stereocenters. The minimum atomic E-state index is -0.747. The first-order chi connectivity index (χ1) is 40.2. The predicted molar refractivity (Wildman–Crippen MR) is 348 cm³/mol. The number of pyridine rings is 1. The van der Waals surface area contributed by atoms with E-state index in [-0.39, 0.29) is 63.3 Å². The molecule has 1 fully saturated rings. The summed E-state index contributed by atoms with van der Waals surface area (Å²) in [4.78, 5) is 39.9. The van der Waals surface area contributed by atoms with Gasteiger partial charge in [0.15, 0.2) is 5.82 Å². The molecule has 2 aromatic heterocycles. The predicted octanol–water partition coefficient (Wildman–Crippen LogP) is 13.0. The number of hydrogen-bond donors (Lipinski definition) is 4. The van der Waals surface area contributed by atoms with Gasteiger partial charge in [0.25, 0.3) is 0 Å². The Morgan fingerprint density at radius 2 is 1.45 bits per heavy atom. The summed E-state index contributed by atoms with van der Waals surface area (Å²) in [5, 5.41) is 23.9. The Bertz CT molecular complexity index is 2730. The summed E-state index contributed by atoms with van der Waals surface area (Å²) in [6.45, 7) is 42.9. The fraction of sp³-hybridized carbons (Fsp3) is 0.714. The molecule has 16 heteroatoms. The minimum absolute atomic E-state index is 0. The second kappa shape index (κ2) is 35.1. The van der Waals surface area contributed by atoms with Crippen LogP contribution in [0.5, 0.6) is 11.5 Å². The molecule has 0 saturated carbocycles. The van der Waals surface area contributed by atoms with Crippen LogP contribution in [0, 0.1) is 57.8 Å². The van der Waals surface area contributed by atoms with Gasteiger partial charge in [-0.1, -0.05) is 91.7 Å². The summed E-state index contributed by atoms with van der Waals surface area (Å²) in [7, 11) is 0. The monoisotopic (exact) mass is 1270 g/mol. The number of nitrogen functional groups attached to an aromatic ring is 1. The standard InChI is InChI=1S/C68H110N7O8.C2H5.Y/c1-47(2)20-15-21-48(3)22-16-23-49(4)24-17-31-68(14)32-29-55-52(7)62(50(5)51(6)63(55)83-68)80-39-19-26-58(78)70-43-66(11,12)82-41-33-65(9,10)81-40-30-59(79)74-37-35-73(36-38-74)34-18-25-54-27-28-56-57(42-54)72-64(69)60-61(56)75(53(8)71-60)44-67(13,45-76)46-77;1-2;/h27-28,42,47-49,76-77H,8,15-26,29-41,43-46H2,1-7,9-14H3,(H2,69,72)(H,70,78);1H2,2H3;/q2*-1;. The number of nitrogens with two attached hydrogens (primary N) is 1. The van der Waals surface area contributed by atoms with Crippen molar-refractivity contribution >= 4 is 39.6 Å². The summed E-state index contributed by atoms with van der Waals surface area (Å²) in [6, 6.07) is 6.26. The first-order valence-electron chi connectivity index (χ1n) is 32.6. The topological polar surface area (TPSA) is 187 Å². The number of rotatable bonds is 35. The molecule has 5 N–H and O–H groups in total. The molecule has 483 valence electrons. The van der Waals surface area contributed by atoms with Crippen LogP contribution < -0.4 is 20.5 Å². The van der Waals surface area contributed by atoms with Crippen molar-refractivity contribution in [1.29, 1.82) is 0 Å². The Morgan fingerprint density at radius 1 is 0.814 bits per heavy atom. The van der Waals surface area contributed by atoms with Gasteiger partial charge in [-0.05, 0) is 165 Å².